The van der Waals surface area contributed by atoms with Crippen LogP contribution in [0.4, 0.5) is 5.69 Å². The number of nitrogens with one attached hydrogen (secondary N) is 1. The standard InChI is InChI=1S/C12H9Br2NO4S2/c1-6-2-3-10(20-6)21(18,19)15-11-8(12(16)17)4-7(13)5-9(11)14/h2-5,15H,1H3,(H,16,17). The maximum atomic E-state index is 12.3. The Kier molecular flexibility index (Phi) is 4.76. The zero-order chi connectivity index (χ0) is 15.8. The van der Waals surface area contributed by atoms with E-state index in [0.717, 1.165) is 16.2 Å². The van der Waals surface area contributed by atoms with E-state index in [-0.39, 0.29) is 15.5 Å². The molecule has 2 rings (SSSR count). The third kappa shape index (κ3) is 3.65. The van der Waals surface area contributed by atoms with Crippen LogP contribution < -0.4 is 4.72 Å². The number of carbonyl (C=O) groups is 1. The largest absolute Gasteiger partial charge is 0.478 e. The molecule has 1 aromatic heterocycles. The first-order valence-corrected chi connectivity index (χ1v) is 9.41. The SMILES string of the molecule is Cc1ccc(S(=O)(=O)Nc2c(Br)cc(Br)cc2C(=O)O)s1. The fourth-order valence-electron chi connectivity index (χ4n) is 1.59. The maximum Gasteiger partial charge on any atom is 0.337 e. The van der Waals surface area contributed by atoms with Gasteiger partial charge < -0.3 is 5.11 Å². The van der Waals surface area contributed by atoms with Crippen LogP contribution in [0.15, 0.2) is 37.4 Å². The van der Waals surface area contributed by atoms with Gasteiger partial charge in [-0.1, -0.05) is 15.9 Å². The van der Waals surface area contributed by atoms with Crippen LogP contribution in [0.3, 0.4) is 0 Å². The second kappa shape index (κ2) is 6.07. The lowest BCUT2D eigenvalue weighted by molar-refractivity contribution is 0.0698. The Morgan fingerprint density at radius 3 is 2.48 bits per heavy atom. The number of aromatic carboxylic acids is 1. The lowest BCUT2D eigenvalue weighted by atomic mass is 10.2. The van der Waals surface area contributed by atoms with Crippen molar-refractivity contribution in [1.82, 2.24) is 0 Å². The highest BCUT2D eigenvalue weighted by molar-refractivity contribution is 9.11. The number of rotatable bonds is 4. The molecule has 0 bridgehead atoms. The number of sulfonamides is 1. The summed E-state index contributed by atoms with van der Waals surface area (Å²) in [6.07, 6.45) is 0. The second-order valence-corrected chi connectivity index (χ2v) is 9.05. The second-order valence-electron chi connectivity index (χ2n) is 4.09. The molecule has 0 aliphatic rings. The number of halogens is 2. The van der Waals surface area contributed by atoms with Gasteiger partial charge in [0.05, 0.1) is 11.3 Å². The van der Waals surface area contributed by atoms with Crippen molar-refractivity contribution in [3.05, 3.63) is 43.7 Å². The molecule has 2 N–H and O–H groups in total. The van der Waals surface area contributed by atoms with Gasteiger partial charge in [-0.2, -0.15) is 0 Å². The molecular weight excluding hydrogens is 446 g/mol. The van der Waals surface area contributed by atoms with Gasteiger partial charge in [-0.25, -0.2) is 13.2 Å². The molecule has 0 aliphatic carbocycles. The molecule has 112 valence electrons. The smallest absolute Gasteiger partial charge is 0.337 e. The number of carboxylic acid groups (broad SMARTS) is 1. The summed E-state index contributed by atoms with van der Waals surface area (Å²) in [7, 11) is -3.82. The Morgan fingerprint density at radius 1 is 1.29 bits per heavy atom. The zero-order valence-electron chi connectivity index (χ0n) is 10.6. The Hall–Kier alpha value is -0.900. The van der Waals surface area contributed by atoms with Crippen LogP contribution in [-0.4, -0.2) is 19.5 Å². The minimum atomic E-state index is -3.82. The normalized spacial score (nSPS) is 11.4. The van der Waals surface area contributed by atoms with E-state index in [4.69, 9.17) is 0 Å². The Balaban J connectivity index is 2.51. The minimum absolute atomic E-state index is 0.00301. The topological polar surface area (TPSA) is 83.5 Å². The van der Waals surface area contributed by atoms with Crippen molar-refractivity contribution in [3.63, 3.8) is 0 Å². The predicted molar refractivity (Wildman–Crippen MR) is 88.7 cm³/mol. The Labute approximate surface area is 142 Å². The van der Waals surface area contributed by atoms with Gasteiger partial charge in [-0.05, 0) is 47.1 Å². The molecule has 9 heteroatoms. The molecule has 1 aromatic carbocycles. The molecule has 0 fully saturated rings. The van der Waals surface area contributed by atoms with Gasteiger partial charge in [0.1, 0.15) is 4.21 Å². The van der Waals surface area contributed by atoms with Crippen LogP contribution in [0, 0.1) is 6.92 Å². The lowest BCUT2D eigenvalue weighted by Crippen LogP contribution is -2.15. The highest BCUT2D eigenvalue weighted by atomic mass is 79.9. The summed E-state index contributed by atoms with van der Waals surface area (Å²) in [6.45, 7) is 1.79. The summed E-state index contributed by atoms with van der Waals surface area (Å²) in [5, 5.41) is 9.21. The van der Waals surface area contributed by atoms with Gasteiger partial charge in [0, 0.05) is 13.8 Å². The van der Waals surface area contributed by atoms with E-state index in [1.165, 1.54) is 12.1 Å². The first-order chi connectivity index (χ1) is 9.70. The summed E-state index contributed by atoms with van der Waals surface area (Å²) in [5.74, 6) is -1.22. The van der Waals surface area contributed by atoms with Crippen molar-refractivity contribution < 1.29 is 18.3 Å². The average molecular weight is 455 g/mol. The quantitative estimate of drug-likeness (QED) is 0.728. The van der Waals surface area contributed by atoms with E-state index in [1.54, 1.807) is 19.1 Å². The number of carboxylic acids is 1. The fourth-order valence-corrected chi connectivity index (χ4v) is 5.43. The van der Waals surface area contributed by atoms with Gasteiger partial charge >= 0.3 is 5.97 Å². The molecule has 0 unspecified atom stereocenters. The Bertz CT molecular complexity index is 815. The molecule has 0 spiro atoms. The van der Waals surface area contributed by atoms with Crippen LogP contribution in [-0.2, 0) is 10.0 Å². The van der Waals surface area contributed by atoms with Gasteiger partial charge in [0.15, 0.2) is 0 Å². The number of thiophene rings is 1. The number of aryl methyl sites for hydroxylation is 1. The predicted octanol–water partition coefficient (Wildman–Crippen LogP) is 4.08. The van der Waals surface area contributed by atoms with Crippen LogP contribution in [0.25, 0.3) is 0 Å². The molecule has 0 radical (unpaired) electrons. The van der Waals surface area contributed by atoms with E-state index in [2.05, 4.69) is 36.6 Å². The highest BCUT2D eigenvalue weighted by Crippen LogP contribution is 2.33. The molecule has 0 saturated heterocycles. The summed E-state index contributed by atoms with van der Waals surface area (Å²) in [5.41, 5.74) is -0.148. The average Bonchev–Trinajstić information content (AvgIpc) is 2.79. The number of hydrogen-bond donors (Lipinski definition) is 2. The molecule has 2 aromatic rings. The van der Waals surface area contributed by atoms with E-state index in [1.807, 2.05) is 0 Å². The number of anilines is 1. The van der Waals surface area contributed by atoms with Crippen LogP contribution in [0.1, 0.15) is 15.2 Å². The summed E-state index contributed by atoms with van der Waals surface area (Å²) in [6, 6.07) is 6.08. The first kappa shape index (κ1) is 16.5. The van der Waals surface area contributed by atoms with Crippen molar-refractivity contribution in [2.75, 3.05) is 4.72 Å². The monoisotopic (exact) mass is 453 g/mol. The molecule has 5 nitrogen and oxygen atoms in total. The van der Waals surface area contributed by atoms with Crippen LogP contribution in [0.5, 0.6) is 0 Å². The molecule has 21 heavy (non-hydrogen) atoms. The molecule has 0 atom stereocenters. The molecule has 0 aliphatic heterocycles. The highest BCUT2D eigenvalue weighted by Gasteiger charge is 2.22. The van der Waals surface area contributed by atoms with Crippen molar-refractivity contribution in [2.24, 2.45) is 0 Å². The molecule has 1 heterocycles. The number of benzene rings is 1. The maximum absolute atomic E-state index is 12.3. The third-order valence-corrected chi connectivity index (χ3v) is 6.43. The van der Waals surface area contributed by atoms with E-state index < -0.39 is 16.0 Å². The van der Waals surface area contributed by atoms with Gasteiger partial charge in [-0.3, -0.25) is 4.72 Å². The summed E-state index contributed by atoms with van der Waals surface area (Å²) >= 11 is 7.47. The van der Waals surface area contributed by atoms with Crippen molar-refractivity contribution in [1.29, 1.82) is 0 Å². The summed E-state index contributed by atoms with van der Waals surface area (Å²) < 4.78 is 27.9. The van der Waals surface area contributed by atoms with Crippen LogP contribution >= 0.6 is 43.2 Å². The van der Waals surface area contributed by atoms with Gasteiger partial charge in [0.25, 0.3) is 10.0 Å². The van der Waals surface area contributed by atoms with Crippen molar-refractivity contribution in [3.8, 4) is 0 Å². The fraction of sp³-hybridized carbons (Fsp3) is 0.0833. The van der Waals surface area contributed by atoms with E-state index in [9.17, 15) is 18.3 Å². The lowest BCUT2D eigenvalue weighted by Gasteiger charge is -2.12. The molecule has 0 saturated carbocycles. The zero-order valence-corrected chi connectivity index (χ0v) is 15.4. The van der Waals surface area contributed by atoms with Crippen molar-refractivity contribution in [2.45, 2.75) is 11.1 Å². The first-order valence-electron chi connectivity index (χ1n) is 5.52. The van der Waals surface area contributed by atoms with E-state index in [0.29, 0.717) is 8.95 Å². The molecular formula is C12H9Br2NO4S2. The molecule has 0 amide bonds. The minimum Gasteiger partial charge on any atom is -0.478 e. The van der Waals surface area contributed by atoms with Gasteiger partial charge in [-0.15, -0.1) is 11.3 Å². The Morgan fingerprint density at radius 2 is 1.95 bits per heavy atom. The van der Waals surface area contributed by atoms with E-state index >= 15 is 0 Å². The number of hydrogen-bond acceptors (Lipinski definition) is 4. The van der Waals surface area contributed by atoms with Crippen LogP contribution in [0.2, 0.25) is 0 Å². The van der Waals surface area contributed by atoms with Crippen molar-refractivity contribution >= 4 is 64.9 Å². The summed E-state index contributed by atoms with van der Waals surface area (Å²) in [4.78, 5) is 12.1. The van der Waals surface area contributed by atoms with Gasteiger partial charge in [0.2, 0.25) is 0 Å². The third-order valence-electron chi connectivity index (χ3n) is 2.50.